The van der Waals surface area contributed by atoms with Gasteiger partial charge in [-0.15, -0.1) is 0 Å². The summed E-state index contributed by atoms with van der Waals surface area (Å²) in [5.41, 5.74) is 2.02. The van der Waals surface area contributed by atoms with Gasteiger partial charge < -0.3 is 9.84 Å². The molecule has 1 aromatic heterocycles. The van der Waals surface area contributed by atoms with Crippen molar-refractivity contribution in [2.45, 2.75) is 25.1 Å². The third-order valence-corrected chi connectivity index (χ3v) is 6.99. The number of nitrogens with zero attached hydrogens (tertiary/aromatic N) is 3. The molecule has 0 spiro atoms. The van der Waals surface area contributed by atoms with Crippen LogP contribution in [0.4, 0.5) is 0 Å². The predicted octanol–water partition coefficient (Wildman–Crippen LogP) is 5.31. The molecule has 6 nitrogen and oxygen atoms in total. The molecule has 1 atom stereocenters. The van der Waals surface area contributed by atoms with Crippen LogP contribution in [0.2, 0.25) is 10.0 Å². The average Bonchev–Trinajstić information content (AvgIpc) is 3.27. The number of thioether (sulfide) groups is 1. The zero-order valence-corrected chi connectivity index (χ0v) is 20.5. The van der Waals surface area contributed by atoms with Gasteiger partial charge in [0.05, 0.1) is 12.5 Å². The van der Waals surface area contributed by atoms with E-state index in [1.165, 1.54) is 5.56 Å². The maximum Gasteiger partial charge on any atom is 0.241 e. The predicted molar refractivity (Wildman–Crippen MR) is 133 cm³/mol. The summed E-state index contributed by atoms with van der Waals surface area (Å²) in [7, 11) is 0. The fourth-order valence-corrected chi connectivity index (χ4v) is 5.09. The molecule has 1 fully saturated rings. The Bertz CT molecular complexity index is 1080. The van der Waals surface area contributed by atoms with E-state index in [-0.39, 0.29) is 11.8 Å². The van der Waals surface area contributed by atoms with E-state index < -0.39 is 0 Å². The van der Waals surface area contributed by atoms with E-state index in [1.54, 1.807) is 11.8 Å². The molecular formula is C24H26Cl2N4O2S. The number of likely N-dealkylation sites (tertiary alicyclic amines) is 1. The molecule has 2 heterocycles. The van der Waals surface area contributed by atoms with Gasteiger partial charge in [-0.05, 0) is 49.2 Å². The second-order valence-electron chi connectivity index (χ2n) is 8.07. The molecule has 0 aliphatic carbocycles. The van der Waals surface area contributed by atoms with Crippen molar-refractivity contribution in [3.05, 3.63) is 70.0 Å². The number of nitrogens with one attached hydrogen (secondary N) is 1. The quantitative estimate of drug-likeness (QED) is 0.398. The van der Waals surface area contributed by atoms with Crippen LogP contribution < -0.4 is 5.32 Å². The van der Waals surface area contributed by atoms with E-state index >= 15 is 0 Å². The van der Waals surface area contributed by atoms with Crippen molar-refractivity contribution in [1.82, 2.24) is 20.4 Å². The Kier molecular flexibility index (Phi) is 8.67. The lowest BCUT2D eigenvalue weighted by Crippen LogP contribution is -2.43. The molecule has 1 aliphatic rings. The Morgan fingerprint density at radius 3 is 2.82 bits per heavy atom. The van der Waals surface area contributed by atoms with Gasteiger partial charge >= 0.3 is 0 Å². The van der Waals surface area contributed by atoms with Crippen molar-refractivity contribution in [3.8, 4) is 11.4 Å². The number of amides is 1. The Labute approximate surface area is 208 Å². The fraction of sp³-hybridized carbons (Fsp3) is 0.375. The molecule has 4 rings (SSSR count). The fourth-order valence-electron chi connectivity index (χ4n) is 3.88. The van der Waals surface area contributed by atoms with Gasteiger partial charge in [-0.25, -0.2) is 0 Å². The van der Waals surface area contributed by atoms with E-state index in [1.807, 2.05) is 42.5 Å². The van der Waals surface area contributed by atoms with Crippen molar-refractivity contribution in [1.29, 1.82) is 0 Å². The van der Waals surface area contributed by atoms with Crippen molar-refractivity contribution in [2.24, 2.45) is 5.92 Å². The summed E-state index contributed by atoms with van der Waals surface area (Å²) in [4.78, 5) is 19.4. The van der Waals surface area contributed by atoms with Gasteiger partial charge in [0.1, 0.15) is 0 Å². The summed E-state index contributed by atoms with van der Waals surface area (Å²) in [6.45, 7) is 2.80. The van der Waals surface area contributed by atoms with Crippen LogP contribution in [0.25, 0.3) is 11.4 Å². The van der Waals surface area contributed by atoms with E-state index in [0.29, 0.717) is 36.4 Å². The molecule has 0 radical (unpaired) electrons. The number of carbonyl (C=O) groups excluding carboxylic acids is 1. The molecule has 3 aromatic rings. The van der Waals surface area contributed by atoms with Gasteiger partial charge in [0.25, 0.3) is 0 Å². The molecule has 1 unspecified atom stereocenters. The SMILES string of the molecule is O=C(NCCSCc1cccc(Cl)c1)C1CCCN(Cc2nc(-c3cccc(Cl)c3)no2)C1. The molecule has 1 amide bonds. The zero-order chi connectivity index (χ0) is 23.0. The van der Waals surface area contributed by atoms with Crippen LogP contribution in [0.15, 0.2) is 53.1 Å². The highest BCUT2D eigenvalue weighted by atomic mass is 35.5. The normalized spacial score (nSPS) is 16.6. The van der Waals surface area contributed by atoms with Gasteiger partial charge in [-0.1, -0.05) is 52.6 Å². The van der Waals surface area contributed by atoms with Crippen molar-refractivity contribution < 1.29 is 9.32 Å². The maximum atomic E-state index is 12.7. The summed E-state index contributed by atoms with van der Waals surface area (Å²) in [6, 6.07) is 15.3. The highest BCUT2D eigenvalue weighted by Crippen LogP contribution is 2.22. The Balaban J connectivity index is 1.20. The summed E-state index contributed by atoms with van der Waals surface area (Å²) < 4.78 is 5.44. The summed E-state index contributed by atoms with van der Waals surface area (Å²) >= 11 is 13.9. The molecule has 174 valence electrons. The average molecular weight is 505 g/mol. The summed E-state index contributed by atoms with van der Waals surface area (Å²) in [5, 5.41) is 8.55. The first-order valence-electron chi connectivity index (χ1n) is 11.0. The number of benzene rings is 2. The first kappa shape index (κ1) is 24.1. The van der Waals surface area contributed by atoms with Crippen LogP contribution in [0.5, 0.6) is 0 Å². The van der Waals surface area contributed by atoms with Gasteiger partial charge in [0.2, 0.25) is 17.6 Å². The molecule has 9 heteroatoms. The standard InChI is InChI=1S/C24H26Cl2N4O2S/c25-20-7-1-4-17(12-20)16-33-11-9-27-24(31)19-6-3-10-30(14-19)15-22-28-23(29-32-22)18-5-2-8-21(26)13-18/h1-2,4-5,7-8,12-13,19H,3,6,9-11,14-16H2,(H,27,31). The molecule has 1 aliphatic heterocycles. The van der Waals surface area contributed by atoms with Crippen LogP contribution >= 0.6 is 35.0 Å². The van der Waals surface area contributed by atoms with Crippen LogP contribution in [-0.4, -0.2) is 46.3 Å². The lowest BCUT2D eigenvalue weighted by Gasteiger charge is -2.30. The molecule has 0 saturated carbocycles. The van der Waals surface area contributed by atoms with Crippen LogP contribution in [-0.2, 0) is 17.1 Å². The number of carbonyl (C=O) groups is 1. The monoisotopic (exact) mass is 504 g/mol. The number of hydrogen-bond acceptors (Lipinski definition) is 6. The second kappa shape index (κ2) is 11.9. The first-order chi connectivity index (χ1) is 16.1. The van der Waals surface area contributed by atoms with Gasteiger partial charge in [0, 0.05) is 40.2 Å². The van der Waals surface area contributed by atoms with E-state index in [9.17, 15) is 4.79 Å². The third-order valence-electron chi connectivity index (χ3n) is 5.49. The molecule has 0 bridgehead atoms. The van der Waals surface area contributed by atoms with Crippen molar-refractivity contribution in [3.63, 3.8) is 0 Å². The minimum Gasteiger partial charge on any atom is -0.355 e. The molecule has 33 heavy (non-hydrogen) atoms. The van der Waals surface area contributed by atoms with Gasteiger partial charge in [-0.2, -0.15) is 16.7 Å². The van der Waals surface area contributed by atoms with Gasteiger partial charge in [-0.3, -0.25) is 9.69 Å². The summed E-state index contributed by atoms with van der Waals surface area (Å²) in [6.07, 6.45) is 1.87. The zero-order valence-electron chi connectivity index (χ0n) is 18.2. The number of hydrogen-bond donors (Lipinski definition) is 1. The highest BCUT2D eigenvalue weighted by Gasteiger charge is 2.26. The van der Waals surface area contributed by atoms with Crippen LogP contribution in [0.1, 0.15) is 24.3 Å². The van der Waals surface area contributed by atoms with Crippen LogP contribution in [0.3, 0.4) is 0 Å². The Morgan fingerprint density at radius 2 is 2.00 bits per heavy atom. The maximum absolute atomic E-state index is 12.7. The smallest absolute Gasteiger partial charge is 0.241 e. The van der Waals surface area contributed by atoms with E-state index in [0.717, 1.165) is 41.5 Å². The first-order valence-corrected chi connectivity index (χ1v) is 12.9. The lowest BCUT2D eigenvalue weighted by molar-refractivity contribution is -0.126. The topological polar surface area (TPSA) is 71.3 Å². The number of aromatic nitrogens is 2. The van der Waals surface area contributed by atoms with E-state index in [2.05, 4.69) is 26.4 Å². The number of rotatable bonds is 9. The molecule has 2 aromatic carbocycles. The van der Waals surface area contributed by atoms with Crippen molar-refractivity contribution >= 4 is 40.9 Å². The lowest BCUT2D eigenvalue weighted by atomic mass is 9.97. The molecule has 1 saturated heterocycles. The Morgan fingerprint density at radius 1 is 1.18 bits per heavy atom. The third kappa shape index (κ3) is 7.21. The largest absolute Gasteiger partial charge is 0.355 e. The van der Waals surface area contributed by atoms with Crippen LogP contribution in [0, 0.1) is 5.92 Å². The highest BCUT2D eigenvalue weighted by molar-refractivity contribution is 7.98. The second-order valence-corrected chi connectivity index (χ2v) is 10.0. The van der Waals surface area contributed by atoms with E-state index in [4.69, 9.17) is 27.7 Å². The number of piperidine rings is 1. The van der Waals surface area contributed by atoms with Crippen molar-refractivity contribution in [2.75, 3.05) is 25.4 Å². The molecule has 1 N–H and O–H groups in total. The minimum atomic E-state index is -0.0213. The summed E-state index contributed by atoms with van der Waals surface area (Å²) in [5.74, 6) is 2.91. The molecular weight excluding hydrogens is 479 g/mol. The minimum absolute atomic E-state index is 0.0213. The van der Waals surface area contributed by atoms with Gasteiger partial charge in [0.15, 0.2) is 0 Å². The number of halogens is 2. The Hall–Kier alpha value is -2.06.